The molecule has 0 radical (unpaired) electrons. The number of Topliss-reactive ketones (excluding diaryl/α,β-unsaturated/α-hetero) is 1. The van der Waals surface area contributed by atoms with Gasteiger partial charge in [-0.3, -0.25) is 9.35 Å². The molecule has 0 amide bonds. The maximum absolute atomic E-state index is 14.1. The van der Waals surface area contributed by atoms with Crippen LogP contribution in [0, 0.1) is 40.9 Å². The Morgan fingerprint density at radius 2 is 1.79 bits per heavy atom. The summed E-state index contributed by atoms with van der Waals surface area (Å²) in [6, 6.07) is 0. The number of hydrogen-bond donors (Lipinski definition) is 2. The van der Waals surface area contributed by atoms with Crippen molar-refractivity contribution in [3.05, 3.63) is 0 Å². The summed E-state index contributed by atoms with van der Waals surface area (Å²) in [4.78, 5) is 12.7. The van der Waals surface area contributed by atoms with Crippen LogP contribution in [0.2, 0.25) is 0 Å². The molecule has 0 aromatic heterocycles. The van der Waals surface area contributed by atoms with Crippen LogP contribution in [0.1, 0.15) is 64.7 Å². The lowest BCUT2D eigenvalue weighted by molar-refractivity contribution is -0.165. The van der Waals surface area contributed by atoms with E-state index in [4.69, 9.17) is 4.55 Å². The van der Waals surface area contributed by atoms with Gasteiger partial charge in [0.1, 0.15) is 5.78 Å². The van der Waals surface area contributed by atoms with Crippen LogP contribution in [0.25, 0.3) is 0 Å². The minimum Gasteiger partial charge on any atom is -0.362 e. The Bertz CT molecular complexity index is 739. The molecule has 2 N–H and O–H groups in total. The molecule has 5 nitrogen and oxygen atoms in total. The average Bonchev–Trinajstić information content (AvgIpc) is 2.95. The van der Waals surface area contributed by atoms with Gasteiger partial charge in [0, 0.05) is 29.6 Å². The molecule has 4 rings (SSSR count). The third-order valence-corrected chi connectivity index (χ3v) is 10.6. The number of rotatable bonds is 4. The highest BCUT2D eigenvalue weighted by Crippen LogP contribution is 2.64. The summed E-state index contributed by atoms with van der Waals surface area (Å²) >= 11 is 0. The largest absolute Gasteiger partial charge is 0.362 e. The zero-order valence-electron chi connectivity index (χ0n) is 16.3. The second kappa shape index (κ2) is 7.20. The average molecular weight is 435 g/mol. The van der Waals surface area contributed by atoms with Gasteiger partial charge in [-0.15, -0.1) is 0 Å². The summed E-state index contributed by atoms with van der Waals surface area (Å²) in [7, 11) is -3.87. The zero-order chi connectivity index (χ0) is 20.3. The number of alkyl halides is 1. The van der Waals surface area contributed by atoms with E-state index in [-0.39, 0.29) is 41.6 Å². The first kappa shape index (κ1) is 21.1. The molecule has 0 bridgehead atoms. The van der Waals surface area contributed by atoms with Crippen molar-refractivity contribution in [2.24, 2.45) is 40.9 Å². The molecule has 28 heavy (non-hydrogen) atoms. The lowest BCUT2D eigenvalue weighted by Gasteiger charge is -2.56. The van der Waals surface area contributed by atoms with Crippen molar-refractivity contribution in [1.82, 2.24) is 0 Å². The minimum absolute atomic E-state index is 0.0556. The molecule has 0 heterocycles. The number of carbonyl (C=O) groups is 1. The molecular weight excluding hydrogens is 403 g/mol. The molecule has 4 aliphatic rings. The summed E-state index contributed by atoms with van der Waals surface area (Å²) in [6.07, 6.45) is 7.07. The van der Waals surface area contributed by atoms with Crippen molar-refractivity contribution in [2.45, 2.75) is 70.6 Å². The van der Waals surface area contributed by atoms with Crippen molar-refractivity contribution in [2.75, 3.05) is 5.75 Å². The van der Waals surface area contributed by atoms with Crippen molar-refractivity contribution in [3.63, 3.8) is 0 Å². The van der Waals surface area contributed by atoms with Crippen LogP contribution in [0.15, 0.2) is 0 Å². The molecule has 8 heteroatoms. The lowest BCUT2D eigenvalue weighted by atomic mass is 9.49. The molecule has 0 aromatic carbocycles. The summed E-state index contributed by atoms with van der Waals surface area (Å²) in [5.41, 5.74) is -0.0969. The number of fused-ring (bicyclic) bond motifs is 5. The monoisotopic (exact) mass is 434 g/mol. The van der Waals surface area contributed by atoms with Gasteiger partial charge < -0.3 is 5.11 Å². The molecule has 0 spiro atoms. The van der Waals surface area contributed by atoms with E-state index in [1.54, 1.807) is 0 Å². The smallest absolute Gasteiger partial charge is 0.320 e. The van der Waals surface area contributed by atoms with Crippen LogP contribution in [-0.4, -0.2) is 35.5 Å². The van der Waals surface area contributed by atoms with Gasteiger partial charge in [-0.1, -0.05) is 6.92 Å². The quantitative estimate of drug-likeness (QED) is 0.513. The van der Waals surface area contributed by atoms with E-state index in [0.717, 1.165) is 44.9 Å². The van der Waals surface area contributed by atoms with Crippen LogP contribution in [0.5, 0.6) is 0 Å². The summed E-state index contributed by atoms with van der Waals surface area (Å²) in [5.74, 6) is -0.0158. The van der Waals surface area contributed by atoms with Crippen LogP contribution >= 0.6 is 10.8 Å². The van der Waals surface area contributed by atoms with Gasteiger partial charge in [-0.2, -0.15) is 8.42 Å². The number of hydrogen-bond acceptors (Lipinski definition) is 5. The second-order valence-electron chi connectivity index (χ2n) is 9.93. The first-order valence-corrected chi connectivity index (χ1v) is 13.5. The first-order valence-electron chi connectivity index (χ1n) is 10.6. The topological polar surface area (TPSA) is 91.7 Å². The van der Waals surface area contributed by atoms with Crippen LogP contribution < -0.4 is 0 Å². The van der Waals surface area contributed by atoms with Crippen LogP contribution in [0.4, 0.5) is 4.39 Å². The van der Waals surface area contributed by atoms with E-state index < -0.39 is 15.0 Å². The molecule has 160 valence electrons. The minimum atomic E-state index is -4.19. The Labute approximate surface area is 170 Å². The van der Waals surface area contributed by atoms with Crippen molar-refractivity contribution in [3.8, 4) is 0 Å². The highest BCUT2D eigenvalue weighted by atomic mass is 33.1. The fraction of sp³-hybridized carbons (Fsp3) is 0.950. The van der Waals surface area contributed by atoms with E-state index in [1.165, 1.54) is 0 Å². The standard InChI is InChI=1S/C20H31FO5S2/c1-19-8-6-14-13-7-9-20(21,23)10-12(13)2-3-15(14)16(19)4-5-17(19)18(22)11-27-28(24,25)26/h12-17,23H,2-11H2,1H3,(H,24,25,26)/t12-,13-,14+,15+,16-,17+,19-,20+/m0/s1. The summed E-state index contributed by atoms with van der Waals surface area (Å²) in [5, 5.41) is 9.84. The Morgan fingerprint density at radius 1 is 1.07 bits per heavy atom. The van der Waals surface area contributed by atoms with Gasteiger partial charge in [-0.05, 0) is 80.0 Å². The molecule has 0 unspecified atom stereocenters. The maximum Gasteiger partial charge on any atom is 0.320 e. The maximum atomic E-state index is 14.1. The van der Waals surface area contributed by atoms with E-state index in [2.05, 4.69) is 6.92 Å². The predicted octanol–water partition coefficient (Wildman–Crippen LogP) is 4.02. The predicted molar refractivity (Wildman–Crippen MR) is 106 cm³/mol. The summed E-state index contributed by atoms with van der Waals surface area (Å²) in [6.45, 7) is 2.20. The molecule has 4 aliphatic carbocycles. The van der Waals surface area contributed by atoms with Gasteiger partial charge in [0.25, 0.3) is 0 Å². The van der Waals surface area contributed by atoms with Crippen LogP contribution in [-0.2, 0) is 13.9 Å². The van der Waals surface area contributed by atoms with E-state index in [1.807, 2.05) is 0 Å². The third kappa shape index (κ3) is 3.79. The third-order valence-electron chi connectivity index (χ3n) is 8.69. The van der Waals surface area contributed by atoms with E-state index >= 15 is 0 Å². The molecular formula is C20H31FO5S2. The molecule has 0 aromatic rings. The highest BCUT2D eigenvalue weighted by molar-refractivity contribution is 8.70. The molecule has 8 atom stereocenters. The Kier molecular flexibility index (Phi) is 5.42. The fourth-order valence-corrected chi connectivity index (χ4v) is 8.85. The first-order chi connectivity index (χ1) is 13.0. The number of carbonyl (C=O) groups excluding carboxylic acids is 1. The highest BCUT2D eigenvalue weighted by Gasteiger charge is 2.59. The van der Waals surface area contributed by atoms with E-state index in [9.17, 15) is 22.7 Å². The van der Waals surface area contributed by atoms with Crippen molar-refractivity contribution in [1.29, 1.82) is 0 Å². The molecule has 4 saturated carbocycles. The SMILES string of the molecule is C[C@]12CC[C@H]3[C@@H](CC[C@H]4C[C@@](O)(F)CC[C@@H]43)[C@@H]1CC[C@@H]2C(=O)CSS(=O)(=O)O. The van der Waals surface area contributed by atoms with Gasteiger partial charge in [0.15, 0.2) is 0 Å². The van der Waals surface area contributed by atoms with E-state index in [0.29, 0.717) is 34.5 Å². The van der Waals surface area contributed by atoms with Crippen molar-refractivity contribution >= 4 is 25.7 Å². The summed E-state index contributed by atoms with van der Waals surface area (Å²) < 4.78 is 45.0. The zero-order valence-corrected chi connectivity index (χ0v) is 18.0. The van der Waals surface area contributed by atoms with Gasteiger partial charge in [0.2, 0.25) is 5.85 Å². The van der Waals surface area contributed by atoms with Gasteiger partial charge in [-0.25, -0.2) is 4.39 Å². The van der Waals surface area contributed by atoms with Crippen LogP contribution in [0.3, 0.4) is 0 Å². The number of aliphatic hydroxyl groups is 1. The Balaban J connectivity index is 1.47. The Morgan fingerprint density at radius 3 is 2.50 bits per heavy atom. The van der Waals surface area contributed by atoms with Gasteiger partial charge in [0.05, 0.1) is 5.75 Å². The van der Waals surface area contributed by atoms with Gasteiger partial charge >= 0.3 is 9.15 Å². The lowest BCUT2D eigenvalue weighted by Crippen LogP contribution is -2.51. The molecule has 0 aliphatic heterocycles. The molecule has 4 fully saturated rings. The number of ketones is 1. The second-order valence-corrected chi connectivity index (χ2v) is 13.3. The number of halogens is 1. The normalized spacial score (nSPS) is 48.4. The molecule has 0 saturated heterocycles. The fourth-order valence-electron chi connectivity index (χ4n) is 7.59. The van der Waals surface area contributed by atoms with Crippen molar-refractivity contribution < 1.29 is 27.3 Å². The Hall–Kier alpha value is -0.180.